The van der Waals surface area contributed by atoms with Crippen molar-refractivity contribution in [2.24, 2.45) is 5.73 Å². The molecule has 0 aliphatic heterocycles. The van der Waals surface area contributed by atoms with Gasteiger partial charge in [-0.2, -0.15) is 0 Å². The lowest BCUT2D eigenvalue weighted by Gasteiger charge is -2.23. The quantitative estimate of drug-likeness (QED) is 0.473. The number of rotatable bonds is 7. The molecule has 0 saturated heterocycles. The second-order valence-corrected chi connectivity index (χ2v) is 5.74. The number of nitrogens with zero attached hydrogens (tertiary/aromatic N) is 1. The van der Waals surface area contributed by atoms with Gasteiger partial charge in [-0.05, 0) is 19.1 Å². The molecule has 1 atom stereocenters. The molecule has 1 unspecified atom stereocenters. The summed E-state index contributed by atoms with van der Waals surface area (Å²) in [5.74, 6) is -1.22. The summed E-state index contributed by atoms with van der Waals surface area (Å²) in [7, 11) is 0. The molecule has 0 saturated carbocycles. The van der Waals surface area contributed by atoms with E-state index in [1.807, 2.05) is 6.07 Å². The maximum atomic E-state index is 12.2. The monoisotopic (exact) mass is 316 g/mol. The molecule has 1 aromatic rings. The summed E-state index contributed by atoms with van der Waals surface area (Å²) < 4.78 is 5.39. The summed E-state index contributed by atoms with van der Waals surface area (Å²) in [6.45, 7) is 6.06. The minimum absolute atomic E-state index is 0.182. The van der Waals surface area contributed by atoms with Gasteiger partial charge >= 0.3 is 5.97 Å². The smallest absolute Gasteiger partial charge is 0.332 e. The Bertz CT molecular complexity index is 490. The van der Waals surface area contributed by atoms with Crippen LogP contribution in [0.3, 0.4) is 0 Å². The lowest BCUT2D eigenvalue weighted by molar-refractivity contribution is -0.150. The Balaban J connectivity index is 2.76. The third-order valence-corrected chi connectivity index (χ3v) is 3.66. The van der Waals surface area contributed by atoms with Crippen LogP contribution in [0.15, 0.2) is 24.8 Å². The van der Waals surface area contributed by atoms with E-state index in [1.165, 1.54) is 16.2 Å². The van der Waals surface area contributed by atoms with E-state index in [4.69, 9.17) is 22.1 Å². The summed E-state index contributed by atoms with van der Waals surface area (Å²) >= 11 is 7.22. The van der Waals surface area contributed by atoms with E-state index >= 15 is 0 Å². The van der Waals surface area contributed by atoms with Gasteiger partial charge in [0.2, 0.25) is 0 Å². The van der Waals surface area contributed by atoms with E-state index in [1.54, 1.807) is 19.1 Å². The first-order chi connectivity index (χ1) is 9.49. The maximum Gasteiger partial charge on any atom is 0.332 e. The predicted molar refractivity (Wildman–Crippen MR) is 79.6 cm³/mol. The third-order valence-electron chi connectivity index (χ3n) is 2.44. The van der Waals surface area contributed by atoms with E-state index in [2.05, 4.69) is 6.58 Å². The van der Waals surface area contributed by atoms with Crippen LogP contribution in [0.4, 0.5) is 0 Å². The molecular weight excluding hydrogens is 300 g/mol. The van der Waals surface area contributed by atoms with E-state index in [-0.39, 0.29) is 6.61 Å². The topological polar surface area (TPSA) is 72.6 Å². The van der Waals surface area contributed by atoms with Crippen LogP contribution in [0.1, 0.15) is 11.8 Å². The summed E-state index contributed by atoms with van der Waals surface area (Å²) in [6, 6.07) is 2.26. The molecule has 5 nitrogen and oxygen atoms in total. The first-order valence-electron chi connectivity index (χ1n) is 6.05. The first-order valence-corrected chi connectivity index (χ1v) is 7.25. The molecule has 1 rings (SSSR count). The molecule has 0 aromatic carbocycles. The number of ether oxygens (including phenoxy) is 1. The number of hydrogen-bond acceptors (Lipinski definition) is 5. The molecule has 0 aliphatic rings. The Hall–Kier alpha value is -1.37. The van der Waals surface area contributed by atoms with Gasteiger partial charge in [-0.1, -0.05) is 17.7 Å². The minimum Gasteiger partial charge on any atom is -0.464 e. The summed E-state index contributed by atoms with van der Waals surface area (Å²) in [5, 5.41) is 0. The van der Waals surface area contributed by atoms with Crippen molar-refractivity contribution in [1.82, 2.24) is 4.90 Å². The molecular formula is C13H17ClN2O3S. The zero-order valence-corrected chi connectivity index (χ0v) is 12.7. The highest BCUT2D eigenvalue weighted by Gasteiger charge is 2.28. The van der Waals surface area contributed by atoms with Crippen LogP contribution in [0.5, 0.6) is 0 Å². The maximum absolute atomic E-state index is 12.2. The van der Waals surface area contributed by atoms with Crippen LogP contribution in [0.25, 0.3) is 0 Å². The Morgan fingerprint density at radius 1 is 1.60 bits per heavy atom. The summed E-state index contributed by atoms with van der Waals surface area (Å²) in [6.07, 6.45) is 1.57. The normalized spacial score (nSPS) is 11.8. The van der Waals surface area contributed by atoms with E-state index in [9.17, 15) is 9.59 Å². The average Bonchev–Trinajstić information content (AvgIpc) is 2.82. The zero-order chi connectivity index (χ0) is 15.1. The fourth-order valence-electron chi connectivity index (χ4n) is 1.54. The number of halogens is 1. The Morgan fingerprint density at radius 2 is 2.30 bits per heavy atom. The van der Waals surface area contributed by atoms with Gasteiger partial charge < -0.3 is 15.4 Å². The summed E-state index contributed by atoms with van der Waals surface area (Å²) in [5.41, 5.74) is 5.61. The Kier molecular flexibility index (Phi) is 6.70. The number of nitrogens with two attached hydrogens (primary N) is 1. The molecule has 0 radical (unpaired) electrons. The van der Waals surface area contributed by atoms with Crippen LogP contribution in [-0.4, -0.2) is 36.0 Å². The summed E-state index contributed by atoms with van der Waals surface area (Å²) in [4.78, 5) is 26.0. The van der Waals surface area contributed by atoms with Crippen molar-refractivity contribution in [1.29, 1.82) is 0 Å². The Labute approximate surface area is 127 Å². The van der Waals surface area contributed by atoms with Crippen LogP contribution in [0.2, 0.25) is 4.34 Å². The van der Waals surface area contributed by atoms with Crippen LogP contribution in [-0.2, 0) is 20.9 Å². The highest BCUT2D eigenvalue weighted by atomic mass is 35.5. The van der Waals surface area contributed by atoms with Gasteiger partial charge in [0, 0.05) is 11.4 Å². The molecule has 110 valence electrons. The largest absolute Gasteiger partial charge is 0.464 e. The molecule has 20 heavy (non-hydrogen) atoms. The van der Waals surface area contributed by atoms with E-state index < -0.39 is 17.9 Å². The van der Waals surface area contributed by atoms with Gasteiger partial charge in [-0.15, -0.1) is 17.9 Å². The molecule has 2 N–H and O–H groups in total. The molecule has 0 fully saturated rings. The molecule has 1 amide bonds. The van der Waals surface area contributed by atoms with Gasteiger partial charge in [-0.3, -0.25) is 4.79 Å². The first kappa shape index (κ1) is 16.7. The van der Waals surface area contributed by atoms with E-state index in [0.29, 0.717) is 17.4 Å². The van der Waals surface area contributed by atoms with Crippen LogP contribution in [0, 0.1) is 0 Å². The minimum atomic E-state index is -1.31. The SMILES string of the molecule is C=CCN(Cc1ccc(Cl)s1)C(=O)C(N)C(=O)OCC. The van der Waals surface area contributed by atoms with Crippen molar-refractivity contribution in [2.75, 3.05) is 13.2 Å². The zero-order valence-electron chi connectivity index (χ0n) is 11.2. The van der Waals surface area contributed by atoms with Gasteiger partial charge in [-0.25, -0.2) is 4.79 Å². The van der Waals surface area contributed by atoms with Crippen molar-refractivity contribution >= 4 is 34.8 Å². The second kappa shape index (κ2) is 8.04. The highest BCUT2D eigenvalue weighted by molar-refractivity contribution is 7.16. The standard InChI is InChI=1S/C13H17ClN2O3S/c1-3-7-16(8-9-5-6-10(14)20-9)12(17)11(15)13(18)19-4-2/h3,5-6,11H,1,4,7-8,15H2,2H3. The van der Waals surface area contributed by atoms with Crippen molar-refractivity contribution in [3.8, 4) is 0 Å². The number of hydrogen-bond donors (Lipinski definition) is 1. The number of thiophene rings is 1. The second-order valence-electron chi connectivity index (χ2n) is 3.94. The van der Waals surface area contributed by atoms with Gasteiger partial charge in [0.25, 0.3) is 5.91 Å². The lowest BCUT2D eigenvalue weighted by Crippen LogP contribution is -2.48. The third kappa shape index (κ3) is 4.63. The molecule has 0 aliphatic carbocycles. The number of carbonyl (C=O) groups excluding carboxylic acids is 2. The lowest BCUT2D eigenvalue weighted by atomic mass is 10.2. The number of amides is 1. The molecule has 7 heteroatoms. The fourth-order valence-corrected chi connectivity index (χ4v) is 2.65. The Morgan fingerprint density at radius 3 is 2.80 bits per heavy atom. The van der Waals surface area contributed by atoms with Crippen molar-refractivity contribution in [3.63, 3.8) is 0 Å². The highest BCUT2D eigenvalue weighted by Crippen LogP contribution is 2.22. The molecule has 0 bridgehead atoms. The van der Waals surface area contributed by atoms with Gasteiger partial charge in [0.1, 0.15) is 0 Å². The number of carbonyl (C=O) groups is 2. The van der Waals surface area contributed by atoms with Crippen molar-refractivity contribution in [2.45, 2.75) is 19.5 Å². The van der Waals surface area contributed by atoms with Gasteiger partial charge in [0.15, 0.2) is 6.04 Å². The molecule has 1 aromatic heterocycles. The number of esters is 1. The van der Waals surface area contributed by atoms with Crippen LogP contribution < -0.4 is 5.73 Å². The van der Waals surface area contributed by atoms with Crippen LogP contribution >= 0.6 is 22.9 Å². The van der Waals surface area contributed by atoms with Crippen molar-refractivity contribution < 1.29 is 14.3 Å². The molecule has 1 heterocycles. The molecule has 0 spiro atoms. The predicted octanol–water partition coefficient (Wildman–Crippen LogP) is 1.81. The van der Waals surface area contributed by atoms with E-state index in [0.717, 1.165) is 4.88 Å². The van der Waals surface area contributed by atoms with Crippen molar-refractivity contribution in [3.05, 3.63) is 34.0 Å². The van der Waals surface area contributed by atoms with Gasteiger partial charge in [0.05, 0.1) is 17.5 Å². The fraction of sp³-hybridized carbons (Fsp3) is 0.385. The average molecular weight is 317 g/mol.